The summed E-state index contributed by atoms with van der Waals surface area (Å²) in [5.74, 6) is 0.792. The van der Waals surface area contributed by atoms with Gasteiger partial charge in [0.2, 0.25) is 0 Å². The third-order valence-electron chi connectivity index (χ3n) is 3.52. The van der Waals surface area contributed by atoms with Gasteiger partial charge in [0.05, 0.1) is 11.1 Å². The molecule has 1 rings (SSSR count). The molecule has 0 aliphatic heterocycles. The van der Waals surface area contributed by atoms with E-state index in [9.17, 15) is 0 Å². The van der Waals surface area contributed by atoms with E-state index in [1.165, 1.54) is 19.3 Å². The minimum atomic E-state index is 0.446. The van der Waals surface area contributed by atoms with Crippen molar-refractivity contribution < 1.29 is 4.74 Å². The molecule has 0 aromatic rings. The van der Waals surface area contributed by atoms with Gasteiger partial charge in [-0.2, -0.15) is 0 Å². The zero-order valence-corrected chi connectivity index (χ0v) is 12.3. The van der Waals surface area contributed by atoms with Crippen molar-refractivity contribution in [2.75, 3.05) is 6.61 Å². The minimum Gasteiger partial charge on any atom is -0.393 e. The van der Waals surface area contributed by atoms with Crippen molar-refractivity contribution in [3.8, 4) is 0 Å². The Hall–Kier alpha value is -0.150. The van der Waals surface area contributed by atoms with Crippen molar-refractivity contribution in [2.24, 2.45) is 17.1 Å². The van der Waals surface area contributed by atoms with E-state index in [-0.39, 0.29) is 0 Å². The molecule has 100 valence electrons. The van der Waals surface area contributed by atoms with Crippen molar-refractivity contribution in [1.29, 1.82) is 0 Å². The largest absolute Gasteiger partial charge is 0.393 e. The monoisotopic (exact) mass is 257 g/mol. The first-order valence-corrected chi connectivity index (χ1v) is 7.20. The molecule has 0 saturated heterocycles. The molecule has 1 aliphatic rings. The van der Waals surface area contributed by atoms with Crippen LogP contribution in [-0.2, 0) is 4.74 Å². The van der Waals surface area contributed by atoms with E-state index in [2.05, 4.69) is 20.8 Å². The van der Waals surface area contributed by atoms with Crippen LogP contribution in [0.5, 0.6) is 0 Å². The zero-order valence-electron chi connectivity index (χ0n) is 11.5. The molecule has 0 heterocycles. The van der Waals surface area contributed by atoms with Gasteiger partial charge in [-0.05, 0) is 49.9 Å². The maximum Gasteiger partial charge on any atom is 0.0727 e. The highest BCUT2D eigenvalue weighted by molar-refractivity contribution is 7.80. The first-order chi connectivity index (χ1) is 7.89. The van der Waals surface area contributed by atoms with Crippen molar-refractivity contribution in [3.63, 3.8) is 0 Å². The summed E-state index contributed by atoms with van der Waals surface area (Å²) >= 11 is 4.85. The van der Waals surface area contributed by atoms with E-state index in [1.54, 1.807) is 0 Å². The number of thiocarbonyl (C=S) groups is 1. The molecule has 2 atom stereocenters. The summed E-state index contributed by atoms with van der Waals surface area (Å²) in [5, 5.41) is 0. The van der Waals surface area contributed by atoms with Crippen LogP contribution in [0.25, 0.3) is 0 Å². The maximum absolute atomic E-state index is 5.99. The van der Waals surface area contributed by atoms with Crippen LogP contribution < -0.4 is 5.73 Å². The summed E-state index contributed by atoms with van der Waals surface area (Å²) in [7, 11) is 0. The van der Waals surface area contributed by atoms with Gasteiger partial charge in [-0.15, -0.1) is 0 Å². The Labute approximate surface area is 111 Å². The Morgan fingerprint density at radius 3 is 2.65 bits per heavy atom. The van der Waals surface area contributed by atoms with E-state index in [4.69, 9.17) is 22.7 Å². The van der Waals surface area contributed by atoms with Crippen LogP contribution >= 0.6 is 12.2 Å². The average molecular weight is 257 g/mol. The summed E-state index contributed by atoms with van der Waals surface area (Å²) in [6, 6.07) is 0. The van der Waals surface area contributed by atoms with Gasteiger partial charge < -0.3 is 10.5 Å². The summed E-state index contributed by atoms with van der Waals surface area (Å²) in [6.45, 7) is 7.90. The van der Waals surface area contributed by atoms with Gasteiger partial charge >= 0.3 is 0 Å². The number of nitrogens with two attached hydrogens (primary N) is 1. The highest BCUT2D eigenvalue weighted by atomic mass is 32.1. The Bertz CT molecular complexity index is 253. The minimum absolute atomic E-state index is 0.446. The summed E-state index contributed by atoms with van der Waals surface area (Å²) in [5.41, 5.74) is 5.91. The third kappa shape index (κ3) is 6.37. The van der Waals surface area contributed by atoms with Gasteiger partial charge in [-0.1, -0.05) is 33.0 Å². The summed E-state index contributed by atoms with van der Waals surface area (Å²) in [4.78, 5) is 0.623. The van der Waals surface area contributed by atoms with Crippen LogP contribution in [0, 0.1) is 11.3 Å². The average Bonchev–Trinajstić information content (AvgIpc) is 2.13. The molecule has 0 bridgehead atoms. The zero-order chi connectivity index (χ0) is 12.9. The molecule has 0 amide bonds. The lowest BCUT2D eigenvalue weighted by Gasteiger charge is -2.38. The first kappa shape index (κ1) is 14.9. The SMILES string of the molecule is CC1CC(OCCCCC(N)=S)CC(C)(C)C1. The Morgan fingerprint density at radius 2 is 2.06 bits per heavy atom. The van der Waals surface area contributed by atoms with Crippen LogP contribution in [0.1, 0.15) is 59.3 Å². The standard InChI is InChI=1S/C14H27NOS/c1-11-8-12(10-14(2,3)9-11)16-7-5-4-6-13(15)17/h11-12H,4-10H2,1-3H3,(H2,15,17). The fraction of sp³-hybridized carbons (Fsp3) is 0.929. The Morgan fingerprint density at radius 1 is 1.35 bits per heavy atom. The normalized spacial score (nSPS) is 27.9. The molecule has 2 N–H and O–H groups in total. The number of hydrogen-bond donors (Lipinski definition) is 1. The summed E-state index contributed by atoms with van der Waals surface area (Å²) < 4.78 is 5.99. The molecule has 0 aromatic carbocycles. The highest BCUT2D eigenvalue weighted by Gasteiger charge is 2.32. The molecule has 1 aliphatic carbocycles. The van der Waals surface area contributed by atoms with Crippen molar-refractivity contribution in [1.82, 2.24) is 0 Å². The summed E-state index contributed by atoms with van der Waals surface area (Å²) in [6.07, 6.45) is 7.19. The Kier molecular flexibility index (Phi) is 5.87. The van der Waals surface area contributed by atoms with Crippen molar-refractivity contribution >= 4 is 17.2 Å². The second-order valence-electron chi connectivity index (χ2n) is 6.33. The topological polar surface area (TPSA) is 35.2 Å². The quantitative estimate of drug-likeness (QED) is 0.582. The lowest BCUT2D eigenvalue weighted by atomic mass is 9.71. The third-order valence-corrected chi connectivity index (χ3v) is 3.72. The molecule has 3 heteroatoms. The number of unbranched alkanes of at least 4 members (excludes halogenated alkanes) is 1. The fourth-order valence-electron chi connectivity index (χ4n) is 3.04. The van der Waals surface area contributed by atoms with Gasteiger partial charge in [0.25, 0.3) is 0 Å². The Balaban J connectivity index is 2.16. The predicted molar refractivity (Wildman–Crippen MR) is 77.2 cm³/mol. The fourth-order valence-corrected chi connectivity index (χ4v) is 3.18. The smallest absolute Gasteiger partial charge is 0.0727 e. The van der Waals surface area contributed by atoms with Crippen LogP contribution in [-0.4, -0.2) is 17.7 Å². The molecular formula is C14H27NOS. The van der Waals surface area contributed by atoms with Gasteiger partial charge in [-0.25, -0.2) is 0 Å². The lowest BCUT2D eigenvalue weighted by Crippen LogP contribution is -2.32. The molecule has 2 nitrogen and oxygen atoms in total. The molecule has 0 radical (unpaired) electrons. The second kappa shape index (κ2) is 6.69. The van der Waals surface area contributed by atoms with Gasteiger partial charge in [0, 0.05) is 6.61 Å². The maximum atomic E-state index is 5.99. The molecule has 1 saturated carbocycles. The number of hydrogen-bond acceptors (Lipinski definition) is 2. The van der Waals surface area contributed by atoms with Gasteiger partial charge in [0.1, 0.15) is 0 Å². The first-order valence-electron chi connectivity index (χ1n) is 6.79. The second-order valence-corrected chi connectivity index (χ2v) is 6.85. The van der Waals surface area contributed by atoms with Crippen LogP contribution in [0.3, 0.4) is 0 Å². The van der Waals surface area contributed by atoms with Gasteiger partial charge in [-0.3, -0.25) is 0 Å². The van der Waals surface area contributed by atoms with E-state index in [1.807, 2.05) is 0 Å². The van der Waals surface area contributed by atoms with Crippen molar-refractivity contribution in [2.45, 2.75) is 65.4 Å². The van der Waals surface area contributed by atoms with Crippen LogP contribution in [0.2, 0.25) is 0 Å². The van der Waals surface area contributed by atoms with Gasteiger partial charge in [0.15, 0.2) is 0 Å². The number of rotatable bonds is 6. The van der Waals surface area contributed by atoms with Crippen LogP contribution in [0.15, 0.2) is 0 Å². The predicted octanol–water partition coefficient (Wildman–Crippen LogP) is 3.67. The molecule has 1 fully saturated rings. The van der Waals surface area contributed by atoms with E-state index < -0.39 is 0 Å². The van der Waals surface area contributed by atoms with E-state index in [0.29, 0.717) is 16.5 Å². The molecule has 0 spiro atoms. The molecule has 0 aromatic heterocycles. The van der Waals surface area contributed by atoms with E-state index >= 15 is 0 Å². The number of ether oxygens (including phenoxy) is 1. The molecule has 17 heavy (non-hydrogen) atoms. The van der Waals surface area contributed by atoms with Crippen LogP contribution in [0.4, 0.5) is 0 Å². The van der Waals surface area contributed by atoms with Crippen molar-refractivity contribution in [3.05, 3.63) is 0 Å². The van der Waals surface area contributed by atoms with E-state index in [0.717, 1.165) is 31.8 Å². The highest BCUT2D eigenvalue weighted by Crippen LogP contribution is 2.39. The lowest BCUT2D eigenvalue weighted by molar-refractivity contribution is -0.0238. The molecular weight excluding hydrogens is 230 g/mol. The molecule has 2 unspecified atom stereocenters.